The van der Waals surface area contributed by atoms with E-state index >= 15 is 0 Å². The molecule has 0 atom stereocenters. The molecule has 5 nitrogen and oxygen atoms in total. The molecule has 3 rings (SSSR count). The highest BCUT2D eigenvalue weighted by molar-refractivity contribution is 7.99. The van der Waals surface area contributed by atoms with Gasteiger partial charge in [-0.15, -0.1) is 11.8 Å². The van der Waals surface area contributed by atoms with E-state index in [9.17, 15) is 13.2 Å². The fourth-order valence-electron chi connectivity index (χ4n) is 2.87. The Morgan fingerprint density at radius 3 is 2.39 bits per heavy atom. The summed E-state index contributed by atoms with van der Waals surface area (Å²) < 4.78 is 25.9. The number of rotatable bonds is 8. The Labute approximate surface area is 169 Å². The number of amides is 1. The fourth-order valence-corrected chi connectivity index (χ4v) is 4.53. The number of nitrogens with one attached hydrogen (secondary N) is 1. The molecule has 0 fully saturated rings. The summed E-state index contributed by atoms with van der Waals surface area (Å²) in [7, 11) is -3.61. The Balaban J connectivity index is 1.67. The van der Waals surface area contributed by atoms with E-state index in [4.69, 9.17) is 0 Å². The summed E-state index contributed by atoms with van der Waals surface area (Å²) >= 11 is 1.64. The summed E-state index contributed by atoms with van der Waals surface area (Å²) in [4.78, 5) is 13.5. The van der Waals surface area contributed by atoms with Crippen molar-refractivity contribution in [3.8, 4) is 0 Å². The highest BCUT2D eigenvalue weighted by atomic mass is 32.2. The molecule has 0 unspecified atom stereocenters. The molecule has 28 heavy (non-hydrogen) atoms. The minimum Gasteiger partial charge on any atom is -0.354 e. The van der Waals surface area contributed by atoms with Crippen LogP contribution in [0.15, 0.2) is 77.7 Å². The van der Waals surface area contributed by atoms with Crippen LogP contribution in [-0.4, -0.2) is 39.4 Å². The predicted octanol–water partition coefficient (Wildman–Crippen LogP) is 3.51. The van der Waals surface area contributed by atoms with Crippen molar-refractivity contribution in [3.05, 3.63) is 72.8 Å². The molecule has 0 saturated carbocycles. The van der Waals surface area contributed by atoms with Crippen molar-refractivity contribution in [2.24, 2.45) is 0 Å². The maximum Gasteiger partial charge on any atom is 0.240 e. The number of nitrogens with zero attached hydrogens (tertiary/aromatic N) is 1. The number of carbonyl (C=O) groups is 1. The maximum absolute atomic E-state index is 12.4. The number of hydrogen-bond acceptors (Lipinski definition) is 4. The summed E-state index contributed by atoms with van der Waals surface area (Å²) in [6, 6.07) is 22.9. The van der Waals surface area contributed by atoms with Crippen molar-refractivity contribution in [3.63, 3.8) is 0 Å². The lowest BCUT2D eigenvalue weighted by Gasteiger charge is -2.23. The Hall–Kier alpha value is -2.51. The molecule has 1 N–H and O–H groups in total. The summed E-state index contributed by atoms with van der Waals surface area (Å²) in [5.74, 6) is 0.384. The molecule has 3 aromatic rings. The molecule has 7 heteroatoms. The molecule has 0 aliphatic carbocycles. The smallest absolute Gasteiger partial charge is 0.240 e. The number of anilines is 1. The van der Waals surface area contributed by atoms with Gasteiger partial charge in [-0.05, 0) is 23.6 Å². The molecule has 0 heterocycles. The van der Waals surface area contributed by atoms with Gasteiger partial charge < -0.3 is 5.32 Å². The lowest BCUT2D eigenvalue weighted by Crippen LogP contribution is -2.41. The highest BCUT2D eigenvalue weighted by Gasteiger charge is 2.22. The van der Waals surface area contributed by atoms with E-state index in [1.54, 1.807) is 23.9 Å². The number of thioether (sulfide) groups is 1. The lowest BCUT2D eigenvalue weighted by atomic mass is 10.1. The minimum absolute atomic E-state index is 0.247. The van der Waals surface area contributed by atoms with Gasteiger partial charge in [0.25, 0.3) is 0 Å². The molecule has 0 aliphatic rings. The van der Waals surface area contributed by atoms with Gasteiger partial charge in [-0.2, -0.15) is 0 Å². The van der Waals surface area contributed by atoms with Crippen LogP contribution in [0.4, 0.5) is 5.69 Å². The molecule has 0 radical (unpaired) electrons. The van der Waals surface area contributed by atoms with Gasteiger partial charge in [0.2, 0.25) is 15.9 Å². The Morgan fingerprint density at radius 1 is 0.964 bits per heavy atom. The standard InChI is InChI=1S/C21H22N2O3S2/c1-28(25,26)23(20-13-7-9-17-8-5-6-12-19(17)20)16-21(24)22-14-15-27-18-10-3-2-4-11-18/h2-13H,14-16H2,1H3,(H,22,24). The number of sulfonamides is 1. The normalized spacial score (nSPS) is 11.3. The third kappa shape index (κ3) is 5.27. The Bertz CT molecular complexity index is 1050. The summed E-state index contributed by atoms with van der Waals surface area (Å²) in [5.41, 5.74) is 0.509. The van der Waals surface area contributed by atoms with Crippen molar-refractivity contribution in [2.75, 3.05) is 29.4 Å². The molecule has 0 aliphatic heterocycles. The number of fused-ring (bicyclic) bond motifs is 1. The first-order valence-electron chi connectivity index (χ1n) is 8.85. The van der Waals surface area contributed by atoms with Crippen LogP contribution >= 0.6 is 11.8 Å². The average Bonchev–Trinajstić information content (AvgIpc) is 2.69. The summed E-state index contributed by atoms with van der Waals surface area (Å²) in [5, 5.41) is 4.53. The molecule has 0 aromatic heterocycles. The first kappa shape index (κ1) is 20.2. The van der Waals surface area contributed by atoms with E-state index in [0.29, 0.717) is 18.0 Å². The van der Waals surface area contributed by atoms with Crippen molar-refractivity contribution in [1.29, 1.82) is 0 Å². The van der Waals surface area contributed by atoms with E-state index in [2.05, 4.69) is 5.32 Å². The van der Waals surface area contributed by atoms with Gasteiger partial charge >= 0.3 is 0 Å². The van der Waals surface area contributed by atoms with Gasteiger partial charge in [0, 0.05) is 22.6 Å². The van der Waals surface area contributed by atoms with Gasteiger partial charge in [0.1, 0.15) is 6.54 Å². The van der Waals surface area contributed by atoms with Gasteiger partial charge in [0.05, 0.1) is 11.9 Å². The summed E-state index contributed by atoms with van der Waals surface area (Å²) in [6.07, 6.45) is 1.12. The molecule has 0 bridgehead atoms. The van der Waals surface area contributed by atoms with E-state index in [0.717, 1.165) is 26.2 Å². The van der Waals surface area contributed by atoms with Crippen LogP contribution in [0, 0.1) is 0 Å². The molecule has 3 aromatic carbocycles. The number of benzene rings is 3. The minimum atomic E-state index is -3.61. The molecule has 1 amide bonds. The third-order valence-electron chi connectivity index (χ3n) is 4.16. The number of carbonyl (C=O) groups excluding carboxylic acids is 1. The van der Waals surface area contributed by atoms with Gasteiger partial charge in [-0.25, -0.2) is 8.42 Å². The van der Waals surface area contributed by atoms with Crippen molar-refractivity contribution in [1.82, 2.24) is 5.32 Å². The fraction of sp³-hybridized carbons (Fsp3) is 0.190. The van der Waals surface area contributed by atoms with Crippen LogP contribution < -0.4 is 9.62 Å². The van der Waals surface area contributed by atoms with Crippen LogP contribution in [0.3, 0.4) is 0 Å². The summed E-state index contributed by atoms with van der Waals surface area (Å²) in [6.45, 7) is 0.217. The SMILES string of the molecule is CS(=O)(=O)N(CC(=O)NCCSc1ccccc1)c1cccc2ccccc12. The van der Waals surface area contributed by atoms with Crippen LogP contribution in [-0.2, 0) is 14.8 Å². The second kappa shape index (κ2) is 9.12. The first-order chi connectivity index (χ1) is 13.4. The lowest BCUT2D eigenvalue weighted by molar-refractivity contribution is -0.119. The van der Waals surface area contributed by atoms with E-state index in [1.165, 1.54) is 0 Å². The monoisotopic (exact) mass is 414 g/mol. The zero-order chi connectivity index (χ0) is 20.0. The molecule has 146 valence electrons. The predicted molar refractivity (Wildman–Crippen MR) is 116 cm³/mol. The molecule has 0 spiro atoms. The van der Waals surface area contributed by atoms with E-state index in [-0.39, 0.29) is 12.5 Å². The van der Waals surface area contributed by atoms with Gasteiger partial charge in [-0.3, -0.25) is 9.10 Å². The van der Waals surface area contributed by atoms with Crippen molar-refractivity contribution < 1.29 is 13.2 Å². The molecular formula is C21H22N2O3S2. The topological polar surface area (TPSA) is 66.5 Å². The quantitative estimate of drug-likeness (QED) is 0.452. The van der Waals surface area contributed by atoms with Gasteiger partial charge in [-0.1, -0.05) is 54.6 Å². The average molecular weight is 415 g/mol. The molecule has 0 saturated heterocycles. The van der Waals surface area contributed by atoms with Crippen LogP contribution in [0.2, 0.25) is 0 Å². The van der Waals surface area contributed by atoms with Crippen LogP contribution in [0.5, 0.6) is 0 Å². The van der Waals surface area contributed by atoms with E-state index < -0.39 is 10.0 Å². The number of hydrogen-bond donors (Lipinski definition) is 1. The largest absolute Gasteiger partial charge is 0.354 e. The highest BCUT2D eigenvalue weighted by Crippen LogP contribution is 2.28. The van der Waals surface area contributed by atoms with Crippen LogP contribution in [0.25, 0.3) is 10.8 Å². The Morgan fingerprint density at radius 2 is 1.64 bits per heavy atom. The van der Waals surface area contributed by atoms with Crippen LogP contribution in [0.1, 0.15) is 0 Å². The second-order valence-electron chi connectivity index (χ2n) is 6.28. The third-order valence-corrected chi connectivity index (χ3v) is 6.30. The molecular weight excluding hydrogens is 392 g/mol. The second-order valence-corrected chi connectivity index (χ2v) is 9.35. The first-order valence-corrected chi connectivity index (χ1v) is 11.7. The van der Waals surface area contributed by atoms with Gasteiger partial charge in [0.15, 0.2) is 0 Å². The zero-order valence-electron chi connectivity index (χ0n) is 15.5. The van der Waals surface area contributed by atoms with Crippen molar-refractivity contribution >= 4 is 44.2 Å². The van der Waals surface area contributed by atoms with E-state index in [1.807, 2.05) is 60.7 Å². The zero-order valence-corrected chi connectivity index (χ0v) is 17.2. The Kier molecular flexibility index (Phi) is 6.59. The maximum atomic E-state index is 12.4. The van der Waals surface area contributed by atoms with Crippen molar-refractivity contribution in [2.45, 2.75) is 4.90 Å².